The van der Waals surface area contributed by atoms with Crippen LogP contribution in [0.15, 0.2) is 73.1 Å². The van der Waals surface area contributed by atoms with Crippen molar-refractivity contribution in [3.05, 3.63) is 83.6 Å². The second-order valence-electron chi connectivity index (χ2n) is 6.59. The number of halogens is 1. The van der Waals surface area contributed by atoms with Gasteiger partial charge in [0.15, 0.2) is 0 Å². The number of pyridine rings is 1. The first-order valence-electron chi connectivity index (χ1n) is 8.93. The van der Waals surface area contributed by atoms with Gasteiger partial charge in [0.05, 0.1) is 11.6 Å². The molecule has 0 saturated heterocycles. The fraction of sp³-hybridized carbons (Fsp3) is 0.182. The Labute approximate surface area is 163 Å². The van der Waals surface area contributed by atoms with Crippen LogP contribution in [0, 0.1) is 5.92 Å². The van der Waals surface area contributed by atoms with Gasteiger partial charge in [-0.15, -0.1) is 0 Å². The van der Waals surface area contributed by atoms with E-state index in [2.05, 4.69) is 4.98 Å². The molecule has 0 atom stereocenters. The highest BCUT2D eigenvalue weighted by Gasteiger charge is 2.34. The molecule has 0 spiro atoms. The minimum Gasteiger partial charge on any atom is -0.456 e. The molecule has 0 bridgehead atoms. The van der Waals surface area contributed by atoms with Crippen molar-refractivity contribution >= 4 is 23.2 Å². The van der Waals surface area contributed by atoms with Crippen molar-refractivity contribution in [2.24, 2.45) is 5.92 Å². The van der Waals surface area contributed by atoms with Gasteiger partial charge in [0.2, 0.25) is 5.91 Å². The number of aromatic nitrogens is 1. The van der Waals surface area contributed by atoms with Gasteiger partial charge in [-0.25, -0.2) is 0 Å². The first-order chi connectivity index (χ1) is 13.2. The molecule has 0 radical (unpaired) electrons. The van der Waals surface area contributed by atoms with Gasteiger partial charge in [-0.2, -0.15) is 0 Å². The number of carbonyl (C=O) groups excluding carboxylic acids is 1. The first kappa shape index (κ1) is 17.6. The summed E-state index contributed by atoms with van der Waals surface area (Å²) >= 11 is 6.45. The van der Waals surface area contributed by atoms with E-state index in [9.17, 15) is 4.79 Å². The van der Waals surface area contributed by atoms with Crippen molar-refractivity contribution in [2.45, 2.75) is 19.4 Å². The highest BCUT2D eigenvalue weighted by molar-refractivity contribution is 6.32. The van der Waals surface area contributed by atoms with Gasteiger partial charge < -0.3 is 9.64 Å². The smallest absolute Gasteiger partial charge is 0.230 e. The number of carbonyl (C=O) groups is 1. The topological polar surface area (TPSA) is 42.4 Å². The molecule has 1 saturated carbocycles. The molecule has 0 unspecified atom stereocenters. The van der Waals surface area contributed by atoms with Crippen LogP contribution in [0.4, 0.5) is 5.69 Å². The molecule has 5 heteroatoms. The molecule has 2 aromatic carbocycles. The molecule has 1 amide bonds. The predicted octanol–water partition coefficient (Wildman–Crippen LogP) is 5.47. The summed E-state index contributed by atoms with van der Waals surface area (Å²) in [5.41, 5.74) is 1.74. The van der Waals surface area contributed by atoms with Crippen molar-refractivity contribution in [3.8, 4) is 11.5 Å². The Hall–Kier alpha value is -2.85. The number of anilines is 1. The van der Waals surface area contributed by atoms with Gasteiger partial charge >= 0.3 is 0 Å². The van der Waals surface area contributed by atoms with Crippen LogP contribution in [-0.4, -0.2) is 10.9 Å². The number of benzene rings is 2. The average molecular weight is 379 g/mol. The summed E-state index contributed by atoms with van der Waals surface area (Å²) in [5.74, 6) is 1.52. The molecule has 1 aliphatic carbocycles. The van der Waals surface area contributed by atoms with Crippen molar-refractivity contribution in [1.82, 2.24) is 4.98 Å². The Balaban J connectivity index is 1.59. The van der Waals surface area contributed by atoms with E-state index in [4.69, 9.17) is 16.3 Å². The zero-order valence-electron chi connectivity index (χ0n) is 14.7. The largest absolute Gasteiger partial charge is 0.456 e. The monoisotopic (exact) mass is 378 g/mol. The fourth-order valence-electron chi connectivity index (χ4n) is 2.88. The number of amides is 1. The quantitative estimate of drug-likeness (QED) is 0.571. The molecule has 0 N–H and O–H groups in total. The molecule has 0 aliphatic heterocycles. The van der Waals surface area contributed by atoms with Gasteiger partial charge in [-0.1, -0.05) is 35.9 Å². The van der Waals surface area contributed by atoms with Crippen LogP contribution in [0.5, 0.6) is 11.5 Å². The van der Waals surface area contributed by atoms with Crippen molar-refractivity contribution < 1.29 is 9.53 Å². The molecule has 1 fully saturated rings. The lowest BCUT2D eigenvalue weighted by Gasteiger charge is -2.23. The molecule has 1 aromatic heterocycles. The van der Waals surface area contributed by atoms with Crippen LogP contribution in [0.1, 0.15) is 18.4 Å². The highest BCUT2D eigenvalue weighted by Crippen LogP contribution is 2.37. The van der Waals surface area contributed by atoms with Gasteiger partial charge in [-0.3, -0.25) is 9.78 Å². The maximum atomic E-state index is 12.8. The fourth-order valence-corrected chi connectivity index (χ4v) is 3.09. The van der Waals surface area contributed by atoms with E-state index in [1.165, 1.54) is 0 Å². The number of rotatable bonds is 6. The second kappa shape index (κ2) is 7.80. The summed E-state index contributed by atoms with van der Waals surface area (Å²) in [6.07, 6.45) is 5.40. The number of ether oxygens (including phenoxy) is 1. The van der Waals surface area contributed by atoms with Crippen LogP contribution in [0.2, 0.25) is 5.02 Å². The molecule has 3 aromatic rings. The number of para-hydroxylation sites is 1. The van der Waals surface area contributed by atoms with E-state index in [-0.39, 0.29) is 11.8 Å². The highest BCUT2D eigenvalue weighted by atomic mass is 35.5. The van der Waals surface area contributed by atoms with Crippen LogP contribution in [-0.2, 0) is 11.3 Å². The van der Waals surface area contributed by atoms with E-state index in [0.29, 0.717) is 23.1 Å². The lowest BCUT2D eigenvalue weighted by Crippen LogP contribution is -2.31. The van der Waals surface area contributed by atoms with E-state index in [1.807, 2.05) is 48.5 Å². The molecule has 136 valence electrons. The lowest BCUT2D eigenvalue weighted by molar-refractivity contribution is -0.119. The third kappa shape index (κ3) is 4.29. The number of hydrogen-bond acceptors (Lipinski definition) is 3. The van der Waals surface area contributed by atoms with Gasteiger partial charge in [-0.05, 0) is 54.8 Å². The number of hydrogen-bond donors (Lipinski definition) is 0. The molecule has 4 nitrogen and oxygen atoms in total. The third-order valence-corrected chi connectivity index (χ3v) is 4.75. The van der Waals surface area contributed by atoms with Crippen molar-refractivity contribution in [2.75, 3.05) is 4.90 Å². The summed E-state index contributed by atoms with van der Waals surface area (Å²) in [6.45, 7) is 0.471. The van der Waals surface area contributed by atoms with E-state index in [0.717, 1.165) is 24.1 Å². The SMILES string of the molecule is O=C(C1CC1)N(Cc1cccnc1)c1ccc(Oc2ccccc2)c(Cl)c1. The van der Waals surface area contributed by atoms with Gasteiger partial charge in [0.25, 0.3) is 0 Å². The average Bonchev–Trinajstić information content (AvgIpc) is 3.54. The standard InChI is InChI=1S/C22H19ClN2O2/c23-20-13-18(10-11-21(20)27-19-6-2-1-3-7-19)25(22(26)17-8-9-17)15-16-5-4-12-24-14-16/h1-7,10-14,17H,8-9,15H2. The Kier molecular flexibility index (Phi) is 5.07. The Morgan fingerprint density at radius 2 is 1.93 bits per heavy atom. The molecular formula is C22H19ClN2O2. The van der Waals surface area contributed by atoms with Crippen molar-refractivity contribution in [1.29, 1.82) is 0 Å². The maximum Gasteiger partial charge on any atom is 0.230 e. The minimum absolute atomic E-state index is 0.112. The van der Waals surface area contributed by atoms with E-state index < -0.39 is 0 Å². The van der Waals surface area contributed by atoms with Gasteiger partial charge in [0.1, 0.15) is 11.5 Å². The van der Waals surface area contributed by atoms with Gasteiger partial charge in [0, 0.05) is 24.0 Å². The Bertz CT molecular complexity index is 928. The summed E-state index contributed by atoms with van der Waals surface area (Å²) in [6, 6.07) is 18.8. The molecule has 27 heavy (non-hydrogen) atoms. The summed E-state index contributed by atoms with van der Waals surface area (Å²) in [4.78, 5) is 18.8. The van der Waals surface area contributed by atoms with Crippen LogP contribution < -0.4 is 9.64 Å². The summed E-state index contributed by atoms with van der Waals surface area (Å²) in [7, 11) is 0. The number of nitrogens with zero attached hydrogens (tertiary/aromatic N) is 2. The summed E-state index contributed by atoms with van der Waals surface area (Å²) < 4.78 is 5.84. The van der Waals surface area contributed by atoms with Crippen LogP contribution in [0.3, 0.4) is 0 Å². The zero-order valence-corrected chi connectivity index (χ0v) is 15.5. The zero-order chi connectivity index (χ0) is 18.6. The van der Waals surface area contributed by atoms with E-state index >= 15 is 0 Å². The molecule has 1 aliphatic rings. The lowest BCUT2D eigenvalue weighted by atomic mass is 10.2. The van der Waals surface area contributed by atoms with E-state index in [1.54, 1.807) is 29.4 Å². The molecular weight excluding hydrogens is 360 g/mol. The van der Waals surface area contributed by atoms with Crippen LogP contribution in [0.25, 0.3) is 0 Å². The predicted molar refractivity (Wildman–Crippen MR) is 106 cm³/mol. The summed E-state index contributed by atoms with van der Waals surface area (Å²) in [5, 5.41) is 0.469. The maximum absolute atomic E-state index is 12.8. The second-order valence-corrected chi connectivity index (χ2v) is 7.00. The molecule has 1 heterocycles. The third-order valence-electron chi connectivity index (χ3n) is 4.45. The molecule has 4 rings (SSSR count). The normalized spacial score (nSPS) is 13.2. The Morgan fingerprint density at radius 1 is 1.11 bits per heavy atom. The minimum atomic E-state index is 0.112. The Morgan fingerprint density at radius 3 is 2.59 bits per heavy atom. The first-order valence-corrected chi connectivity index (χ1v) is 9.31. The van der Waals surface area contributed by atoms with Crippen molar-refractivity contribution in [3.63, 3.8) is 0 Å². The van der Waals surface area contributed by atoms with Crippen LogP contribution >= 0.6 is 11.6 Å².